The molecule has 2 aliphatic rings. The summed E-state index contributed by atoms with van der Waals surface area (Å²) in [4.78, 5) is 26.5. The molecule has 1 amide bonds. The number of carbonyl (C=O) groups is 1. The predicted octanol–water partition coefficient (Wildman–Crippen LogP) is 3.52. The Bertz CT molecular complexity index is 1140. The molecule has 8 heteroatoms. The summed E-state index contributed by atoms with van der Waals surface area (Å²) in [6.45, 7) is 11.0. The van der Waals surface area contributed by atoms with E-state index in [-0.39, 0.29) is 18.2 Å². The summed E-state index contributed by atoms with van der Waals surface area (Å²) < 4.78 is 13.6. The number of hydrogen-bond acceptors (Lipinski definition) is 6. The molecule has 5 rings (SSSR count). The van der Waals surface area contributed by atoms with Crippen molar-refractivity contribution < 1.29 is 14.3 Å². The van der Waals surface area contributed by atoms with Crippen LogP contribution in [-0.2, 0) is 16.0 Å². The molecule has 0 spiro atoms. The van der Waals surface area contributed by atoms with Crippen LogP contribution in [0, 0.1) is 6.92 Å². The molecule has 33 heavy (non-hydrogen) atoms. The highest BCUT2D eigenvalue weighted by atomic mass is 16.6. The number of nitrogens with zero attached hydrogens (tertiary/aromatic N) is 5. The Labute approximate surface area is 194 Å². The predicted molar refractivity (Wildman–Crippen MR) is 125 cm³/mol. The van der Waals surface area contributed by atoms with Crippen LogP contribution < -0.4 is 0 Å². The van der Waals surface area contributed by atoms with Crippen molar-refractivity contribution in [1.82, 2.24) is 24.2 Å². The van der Waals surface area contributed by atoms with E-state index < -0.39 is 5.60 Å². The minimum absolute atomic E-state index is 0.0347. The lowest BCUT2D eigenvalue weighted by Gasteiger charge is -2.49. The van der Waals surface area contributed by atoms with Gasteiger partial charge in [-0.3, -0.25) is 14.2 Å². The fraction of sp³-hybridized carbons (Fsp3) is 0.480. The van der Waals surface area contributed by atoms with Crippen molar-refractivity contribution in [3.8, 4) is 11.3 Å². The van der Waals surface area contributed by atoms with Gasteiger partial charge in [-0.2, -0.15) is 0 Å². The summed E-state index contributed by atoms with van der Waals surface area (Å²) in [6.07, 6.45) is 3.54. The van der Waals surface area contributed by atoms with Crippen LogP contribution in [0.1, 0.15) is 32.0 Å². The van der Waals surface area contributed by atoms with Crippen LogP contribution in [0.2, 0.25) is 0 Å². The van der Waals surface area contributed by atoms with Crippen LogP contribution in [0.3, 0.4) is 0 Å². The second-order valence-electron chi connectivity index (χ2n) is 9.99. The van der Waals surface area contributed by atoms with E-state index in [4.69, 9.17) is 14.5 Å². The number of aryl methyl sites for hydroxylation is 1. The highest BCUT2D eigenvalue weighted by Gasteiger charge is 2.43. The Morgan fingerprint density at radius 2 is 1.85 bits per heavy atom. The zero-order valence-electron chi connectivity index (χ0n) is 19.7. The second kappa shape index (κ2) is 8.43. The number of benzene rings is 1. The number of piperazine rings is 1. The highest BCUT2D eigenvalue weighted by Crippen LogP contribution is 2.29. The molecule has 2 unspecified atom stereocenters. The molecule has 2 saturated heterocycles. The van der Waals surface area contributed by atoms with Gasteiger partial charge in [0.2, 0.25) is 5.78 Å². The number of hydrogen-bond donors (Lipinski definition) is 0. The molecule has 8 nitrogen and oxygen atoms in total. The minimum atomic E-state index is -0.518. The molecule has 2 aliphatic heterocycles. The largest absolute Gasteiger partial charge is 0.444 e. The maximum absolute atomic E-state index is 12.9. The fourth-order valence-electron chi connectivity index (χ4n) is 4.73. The molecule has 3 aromatic rings. The Morgan fingerprint density at radius 3 is 2.52 bits per heavy atom. The number of aromatic nitrogens is 3. The topological polar surface area (TPSA) is 72.2 Å². The highest BCUT2D eigenvalue weighted by molar-refractivity contribution is 5.69. The van der Waals surface area contributed by atoms with Crippen LogP contribution in [0.5, 0.6) is 0 Å². The molecule has 0 saturated carbocycles. The molecule has 2 bridgehead atoms. The van der Waals surface area contributed by atoms with Crippen LogP contribution >= 0.6 is 0 Å². The van der Waals surface area contributed by atoms with Gasteiger partial charge in [0, 0.05) is 37.6 Å². The van der Waals surface area contributed by atoms with Gasteiger partial charge in [0.25, 0.3) is 0 Å². The van der Waals surface area contributed by atoms with Gasteiger partial charge in [0.15, 0.2) is 0 Å². The van der Waals surface area contributed by atoms with Crippen molar-refractivity contribution in [3.05, 3.63) is 54.0 Å². The van der Waals surface area contributed by atoms with E-state index in [1.165, 1.54) is 5.56 Å². The molecule has 2 aromatic heterocycles. The first kappa shape index (κ1) is 21.9. The van der Waals surface area contributed by atoms with Gasteiger partial charge in [0.05, 0.1) is 36.7 Å². The summed E-state index contributed by atoms with van der Waals surface area (Å²) in [7, 11) is 0. The zero-order chi connectivity index (χ0) is 23.2. The van der Waals surface area contributed by atoms with Crippen molar-refractivity contribution in [2.75, 3.05) is 26.3 Å². The molecular weight excluding hydrogens is 418 g/mol. The van der Waals surface area contributed by atoms with Crippen molar-refractivity contribution in [2.45, 2.75) is 51.9 Å². The molecular formula is C25H31N5O3. The molecule has 0 radical (unpaired) electrons. The van der Waals surface area contributed by atoms with Gasteiger partial charge >= 0.3 is 6.09 Å². The minimum Gasteiger partial charge on any atom is -0.444 e. The summed E-state index contributed by atoms with van der Waals surface area (Å²) in [6, 6.07) is 10.3. The summed E-state index contributed by atoms with van der Waals surface area (Å²) in [5.74, 6) is 0.694. The van der Waals surface area contributed by atoms with Gasteiger partial charge < -0.3 is 9.47 Å². The monoisotopic (exact) mass is 449 g/mol. The zero-order valence-corrected chi connectivity index (χ0v) is 19.7. The number of rotatable bonds is 3. The van der Waals surface area contributed by atoms with Gasteiger partial charge in [-0.25, -0.2) is 14.8 Å². The van der Waals surface area contributed by atoms with Gasteiger partial charge in [-0.05, 0) is 33.8 Å². The number of carbonyl (C=O) groups excluding carboxylic acids is 1. The van der Waals surface area contributed by atoms with Crippen molar-refractivity contribution >= 4 is 11.9 Å². The first-order valence-corrected chi connectivity index (χ1v) is 11.5. The van der Waals surface area contributed by atoms with Gasteiger partial charge in [-0.15, -0.1) is 0 Å². The molecule has 1 aromatic carbocycles. The van der Waals surface area contributed by atoms with Crippen LogP contribution in [0.15, 0.2) is 42.7 Å². The number of morpholine rings is 1. The Balaban J connectivity index is 1.42. The van der Waals surface area contributed by atoms with E-state index in [1.807, 2.05) is 37.9 Å². The number of ether oxygens (including phenoxy) is 2. The van der Waals surface area contributed by atoms with E-state index in [1.54, 1.807) is 6.20 Å². The van der Waals surface area contributed by atoms with Gasteiger partial charge in [-0.1, -0.05) is 29.8 Å². The van der Waals surface area contributed by atoms with E-state index in [0.29, 0.717) is 25.5 Å². The Hall–Kier alpha value is -2.97. The maximum atomic E-state index is 12.9. The molecule has 0 aliphatic carbocycles. The van der Waals surface area contributed by atoms with Crippen LogP contribution in [0.25, 0.3) is 17.0 Å². The summed E-state index contributed by atoms with van der Waals surface area (Å²) in [5, 5.41) is 0. The molecule has 2 atom stereocenters. The lowest BCUT2D eigenvalue weighted by atomic mass is 10.0. The van der Waals surface area contributed by atoms with Gasteiger partial charge in [0.1, 0.15) is 5.60 Å². The lowest BCUT2D eigenvalue weighted by Crippen LogP contribution is -2.66. The fourth-order valence-corrected chi connectivity index (χ4v) is 4.73. The average Bonchev–Trinajstić information content (AvgIpc) is 3.11. The molecule has 174 valence electrons. The van der Waals surface area contributed by atoms with E-state index >= 15 is 0 Å². The molecule has 0 N–H and O–H groups in total. The first-order chi connectivity index (χ1) is 15.8. The number of imidazole rings is 1. The van der Waals surface area contributed by atoms with Crippen molar-refractivity contribution in [2.24, 2.45) is 0 Å². The number of fused-ring (bicyclic) bond motifs is 3. The standard InChI is InChI=1S/C25H31N5O3/c1-17-6-8-18(9-7-17)22-21(29-11-5-10-26-23(29)27-22)14-28-12-19-15-32-16-20(13-28)30(19)24(31)33-25(2,3)4/h5-11,19-20H,12-16H2,1-4H3. The molecule has 4 heterocycles. The number of amides is 1. The maximum Gasteiger partial charge on any atom is 0.411 e. The lowest BCUT2D eigenvalue weighted by molar-refractivity contribution is -0.0990. The molecule has 2 fully saturated rings. The summed E-state index contributed by atoms with van der Waals surface area (Å²) >= 11 is 0. The van der Waals surface area contributed by atoms with Crippen LogP contribution in [-0.4, -0.2) is 74.2 Å². The van der Waals surface area contributed by atoms with E-state index in [9.17, 15) is 4.79 Å². The van der Waals surface area contributed by atoms with Crippen molar-refractivity contribution in [3.63, 3.8) is 0 Å². The third kappa shape index (κ3) is 4.45. The van der Waals surface area contributed by atoms with Crippen molar-refractivity contribution in [1.29, 1.82) is 0 Å². The first-order valence-electron chi connectivity index (χ1n) is 11.5. The van der Waals surface area contributed by atoms with E-state index in [0.717, 1.165) is 30.0 Å². The third-order valence-electron chi connectivity index (χ3n) is 6.15. The Kier molecular flexibility index (Phi) is 5.58. The smallest absolute Gasteiger partial charge is 0.411 e. The quantitative estimate of drug-likeness (QED) is 0.609. The normalized spacial score (nSPS) is 21.4. The second-order valence-corrected chi connectivity index (χ2v) is 9.99. The Morgan fingerprint density at radius 1 is 1.15 bits per heavy atom. The summed E-state index contributed by atoms with van der Waals surface area (Å²) in [5.41, 5.74) is 3.83. The van der Waals surface area contributed by atoms with Crippen LogP contribution in [0.4, 0.5) is 4.79 Å². The average molecular weight is 450 g/mol. The van der Waals surface area contributed by atoms with E-state index in [2.05, 4.69) is 45.5 Å². The third-order valence-corrected chi connectivity index (χ3v) is 6.15. The SMILES string of the molecule is Cc1ccc(-c2nc3ncccn3c2CN2CC3COCC(C2)N3C(=O)OC(C)(C)C)cc1.